The summed E-state index contributed by atoms with van der Waals surface area (Å²) < 4.78 is 5.76. The fraction of sp³-hybridized carbons (Fsp3) is 0.750. The van der Waals surface area contributed by atoms with E-state index in [0.717, 1.165) is 32.3 Å². The molecule has 1 saturated carbocycles. The van der Waals surface area contributed by atoms with Gasteiger partial charge in [-0.2, -0.15) is 0 Å². The van der Waals surface area contributed by atoms with Crippen LogP contribution in [0.5, 0.6) is 0 Å². The summed E-state index contributed by atoms with van der Waals surface area (Å²) in [6, 6.07) is 0. The van der Waals surface area contributed by atoms with E-state index >= 15 is 0 Å². The Morgan fingerprint density at radius 3 is 3.07 bits per heavy atom. The Morgan fingerprint density at radius 2 is 2.43 bits per heavy atom. The molecule has 1 aliphatic heterocycles. The van der Waals surface area contributed by atoms with Crippen molar-refractivity contribution in [3.8, 4) is 12.3 Å². The summed E-state index contributed by atoms with van der Waals surface area (Å²) in [6.07, 6.45) is 10.7. The van der Waals surface area contributed by atoms with Crippen LogP contribution in [0.4, 0.5) is 0 Å². The molecule has 1 heterocycles. The highest BCUT2D eigenvalue weighted by atomic mass is 16.5. The first-order chi connectivity index (χ1) is 6.79. The Labute approximate surface area is 85.0 Å². The van der Waals surface area contributed by atoms with Crippen molar-refractivity contribution in [1.82, 2.24) is 0 Å². The number of hydrogen-bond acceptors (Lipinski definition) is 2. The SMILES string of the molecule is C#CC[C@H]1CCCO[C@]12CCCC2=O. The zero-order valence-electron chi connectivity index (χ0n) is 8.42. The van der Waals surface area contributed by atoms with Crippen molar-refractivity contribution < 1.29 is 9.53 Å². The zero-order valence-corrected chi connectivity index (χ0v) is 8.42. The molecule has 2 rings (SSSR count). The van der Waals surface area contributed by atoms with Gasteiger partial charge in [0.15, 0.2) is 5.78 Å². The van der Waals surface area contributed by atoms with Gasteiger partial charge >= 0.3 is 0 Å². The standard InChI is InChI=1S/C12H16O2/c1-2-5-10-6-4-9-14-12(10)8-3-7-11(12)13/h1,10H,3-9H2/t10-,12+/m0/s1. The normalized spacial score (nSPS) is 37.4. The van der Waals surface area contributed by atoms with Gasteiger partial charge < -0.3 is 4.74 Å². The van der Waals surface area contributed by atoms with Crippen LogP contribution < -0.4 is 0 Å². The van der Waals surface area contributed by atoms with Crippen LogP contribution in [-0.2, 0) is 9.53 Å². The topological polar surface area (TPSA) is 26.3 Å². The molecule has 2 aliphatic rings. The van der Waals surface area contributed by atoms with Gasteiger partial charge in [-0.15, -0.1) is 12.3 Å². The van der Waals surface area contributed by atoms with Crippen LogP contribution in [0.3, 0.4) is 0 Å². The van der Waals surface area contributed by atoms with E-state index in [0.29, 0.717) is 12.8 Å². The molecule has 0 radical (unpaired) electrons. The molecule has 2 fully saturated rings. The highest BCUT2D eigenvalue weighted by Gasteiger charge is 2.50. The van der Waals surface area contributed by atoms with Crippen LogP contribution in [-0.4, -0.2) is 18.0 Å². The number of Topliss-reactive ketones (excluding diaryl/α,β-unsaturated/α-hetero) is 1. The summed E-state index contributed by atoms with van der Waals surface area (Å²) in [5, 5.41) is 0. The monoisotopic (exact) mass is 192 g/mol. The summed E-state index contributed by atoms with van der Waals surface area (Å²) in [4.78, 5) is 11.8. The average Bonchev–Trinajstić information content (AvgIpc) is 2.54. The molecular weight excluding hydrogens is 176 g/mol. The largest absolute Gasteiger partial charge is 0.367 e. The smallest absolute Gasteiger partial charge is 0.164 e. The van der Waals surface area contributed by atoms with E-state index in [4.69, 9.17) is 11.2 Å². The molecule has 0 amide bonds. The number of ether oxygens (including phenoxy) is 1. The minimum absolute atomic E-state index is 0.274. The number of hydrogen-bond donors (Lipinski definition) is 0. The van der Waals surface area contributed by atoms with Crippen molar-refractivity contribution >= 4 is 5.78 Å². The van der Waals surface area contributed by atoms with E-state index in [-0.39, 0.29) is 11.7 Å². The third-order valence-electron chi connectivity index (χ3n) is 3.50. The van der Waals surface area contributed by atoms with Crippen LogP contribution in [0.15, 0.2) is 0 Å². The average molecular weight is 192 g/mol. The van der Waals surface area contributed by atoms with Gasteiger partial charge in [-0.3, -0.25) is 4.79 Å². The van der Waals surface area contributed by atoms with Gasteiger partial charge in [0.05, 0.1) is 0 Å². The van der Waals surface area contributed by atoms with Crippen molar-refractivity contribution in [2.45, 2.75) is 44.1 Å². The summed E-state index contributed by atoms with van der Waals surface area (Å²) >= 11 is 0. The Bertz CT molecular complexity index is 277. The lowest BCUT2D eigenvalue weighted by Crippen LogP contribution is -2.47. The van der Waals surface area contributed by atoms with E-state index < -0.39 is 5.60 Å². The van der Waals surface area contributed by atoms with Crippen molar-refractivity contribution in [2.75, 3.05) is 6.61 Å². The Morgan fingerprint density at radius 1 is 1.57 bits per heavy atom. The fourth-order valence-corrected chi connectivity index (χ4v) is 2.79. The van der Waals surface area contributed by atoms with Crippen molar-refractivity contribution in [3.63, 3.8) is 0 Å². The molecule has 2 nitrogen and oxygen atoms in total. The molecule has 0 aromatic heterocycles. The van der Waals surface area contributed by atoms with E-state index in [1.165, 1.54) is 0 Å². The molecule has 2 heteroatoms. The summed E-state index contributed by atoms with van der Waals surface area (Å²) in [6.45, 7) is 0.729. The minimum Gasteiger partial charge on any atom is -0.367 e. The molecule has 0 N–H and O–H groups in total. The first-order valence-electron chi connectivity index (χ1n) is 5.40. The number of carbonyl (C=O) groups excluding carboxylic acids is 1. The Hall–Kier alpha value is -0.810. The van der Waals surface area contributed by atoms with Crippen LogP contribution in [0, 0.1) is 18.3 Å². The third-order valence-corrected chi connectivity index (χ3v) is 3.50. The molecule has 0 aromatic carbocycles. The molecule has 1 spiro atoms. The van der Waals surface area contributed by atoms with Gasteiger partial charge in [0.25, 0.3) is 0 Å². The fourth-order valence-electron chi connectivity index (χ4n) is 2.79. The highest BCUT2D eigenvalue weighted by molar-refractivity contribution is 5.89. The molecule has 2 atom stereocenters. The molecule has 0 aromatic rings. The first kappa shape index (κ1) is 9.73. The summed E-state index contributed by atoms with van der Waals surface area (Å²) in [7, 11) is 0. The molecule has 1 aliphatic carbocycles. The lowest BCUT2D eigenvalue weighted by molar-refractivity contribution is -0.156. The van der Waals surface area contributed by atoms with Gasteiger partial charge in [-0.25, -0.2) is 0 Å². The third kappa shape index (κ3) is 1.36. The van der Waals surface area contributed by atoms with Gasteiger partial charge in [0.1, 0.15) is 5.60 Å². The molecule has 76 valence electrons. The quantitative estimate of drug-likeness (QED) is 0.593. The van der Waals surface area contributed by atoms with Gasteiger partial charge in [-0.05, 0) is 25.7 Å². The van der Waals surface area contributed by atoms with Crippen molar-refractivity contribution in [2.24, 2.45) is 5.92 Å². The first-order valence-corrected chi connectivity index (χ1v) is 5.40. The van der Waals surface area contributed by atoms with E-state index in [1.807, 2.05) is 0 Å². The second-order valence-electron chi connectivity index (χ2n) is 4.26. The highest BCUT2D eigenvalue weighted by Crippen LogP contribution is 2.42. The Kier molecular flexibility index (Phi) is 2.60. The number of rotatable bonds is 1. The maximum atomic E-state index is 11.8. The number of ketones is 1. The van der Waals surface area contributed by atoms with Gasteiger partial charge in [0, 0.05) is 25.4 Å². The molecule has 1 saturated heterocycles. The summed E-state index contributed by atoms with van der Waals surface area (Å²) in [5.74, 6) is 3.24. The Balaban J connectivity index is 2.20. The maximum Gasteiger partial charge on any atom is 0.164 e. The van der Waals surface area contributed by atoms with E-state index in [1.54, 1.807) is 0 Å². The second-order valence-corrected chi connectivity index (χ2v) is 4.26. The van der Waals surface area contributed by atoms with Crippen LogP contribution in [0.2, 0.25) is 0 Å². The zero-order chi connectivity index (χ0) is 10.0. The van der Waals surface area contributed by atoms with Crippen LogP contribution in [0.1, 0.15) is 38.5 Å². The molecule has 14 heavy (non-hydrogen) atoms. The maximum absolute atomic E-state index is 11.8. The lowest BCUT2D eigenvalue weighted by atomic mass is 9.78. The predicted molar refractivity (Wildman–Crippen MR) is 53.7 cm³/mol. The molecule has 0 bridgehead atoms. The van der Waals surface area contributed by atoms with Crippen molar-refractivity contribution in [3.05, 3.63) is 0 Å². The van der Waals surface area contributed by atoms with E-state index in [2.05, 4.69) is 5.92 Å². The number of terminal acetylenes is 1. The van der Waals surface area contributed by atoms with E-state index in [9.17, 15) is 4.79 Å². The molecular formula is C12H16O2. The second kappa shape index (κ2) is 3.74. The minimum atomic E-state index is -0.482. The van der Waals surface area contributed by atoms with Crippen molar-refractivity contribution in [1.29, 1.82) is 0 Å². The number of carbonyl (C=O) groups is 1. The van der Waals surface area contributed by atoms with Gasteiger partial charge in [0.2, 0.25) is 0 Å². The van der Waals surface area contributed by atoms with Crippen LogP contribution >= 0.6 is 0 Å². The summed E-state index contributed by atoms with van der Waals surface area (Å²) in [5.41, 5.74) is -0.482. The predicted octanol–water partition coefficient (Wildman–Crippen LogP) is 1.93. The van der Waals surface area contributed by atoms with Gasteiger partial charge in [-0.1, -0.05) is 0 Å². The lowest BCUT2D eigenvalue weighted by Gasteiger charge is -2.39. The molecule has 0 unspecified atom stereocenters. The van der Waals surface area contributed by atoms with Crippen LogP contribution in [0.25, 0.3) is 0 Å².